The van der Waals surface area contributed by atoms with Crippen LogP contribution in [0.4, 0.5) is 0 Å². The molecule has 0 N–H and O–H groups in total. The molecule has 1 amide bonds. The fourth-order valence-corrected chi connectivity index (χ4v) is 4.18. The van der Waals surface area contributed by atoms with Crippen LogP contribution in [0, 0.1) is 0 Å². The molecular formula is C24H31N3O3. The highest BCUT2D eigenvalue weighted by atomic mass is 16.7. The number of fused-ring (bicyclic) bond motifs is 1. The van der Waals surface area contributed by atoms with Crippen molar-refractivity contribution < 1.29 is 14.3 Å². The molecule has 2 heterocycles. The molecule has 0 saturated carbocycles. The lowest BCUT2D eigenvalue weighted by molar-refractivity contribution is -0.137. The second kappa shape index (κ2) is 9.49. The van der Waals surface area contributed by atoms with E-state index in [1.54, 1.807) is 0 Å². The minimum atomic E-state index is -0.0960. The SMILES string of the molecule is CCN(Cc1ccccc1)C(=O)[C@@H](C)N1CCN(Cc2ccc3c(c2)OCO3)CC1. The summed E-state index contributed by atoms with van der Waals surface area (Å²) in [5.41, 5.74) is 2.41. The van der Waals surface area contributed by atoms with Crippen LogP contribution in [0.15, 0.2) is 48.5 Å². The van der Waals surface area contributed by atoms with Gasteiger partial charge in [-0.25, -0.2) is 0 Å². The second-order valence-electron chi connectivity index (χ2n) is 8.01. The minimum Gasteiger partial charge on any atom is -0.454 e. The number of nitrogens with zero attached hydrogens (tertiary/aromatic N) is 3. The average molecular weight is 410 g/mol. The largest absolute Gasteiger partial charge is 0.454 e. The summed E-state index contributed by atoms with van der Waals surface area (Å²) in [7, 11) is 0. The molecule has 0 aliphatic carbocycles. The van der Waals surface area contributed by atoms with E-state index in [-0.39, 0.29) is 11.9 Å². The van der Waals surface area contributed by atoms with Gasteiger partial charge in [-0.3, -0.25) is 14.6 Å². The third-order valence-corrected chi connectivity index (χ3v) is 6.06. The number of carbonyl (C=O) groups is 1. The van der Waals surface area contributed by atoms with E-state index in [4.69, 9.17) is 9.47 Å². The highest BCUT2D eigenvalue weighted by molar-refractivity contribution is 5.81. The Labute approximate surface area is 179 Å². The molecular weight excluding hydrogens is 378 g/mol. The Hall–Kier alpha value is -2.57. The van der Waals surface area contributed by atoms with Gasteiger partial charge in [-0.2, -0.15) is 0 Å². The molecule has 1 atom stereocenters. The first-order valence-electron chi connectivity index (χ1n) is 10.8. The zero-order valence-electron chi connectivity index (χ0n) is 17.9. The summed E-state index contributed by atoms with van der Waals surface area (Å²) in [6.45, 7) is 10.4. The zero-order chi connectivity index (χ0) is 20.9. The second-order valence-corrected chi connectivity index (χ2v) is 8.01. The Bertz CT molecular complexity index is 850. The molecule has 30 heavy (non-hydrogen) atoms. The van der Waals surface area contributed by atoms with Crippen molar-refractivity contribution in [3.63, 3.8) is 0 Å². The van der Waals surface area contributed by atoms with E-state index >= 15 is 0 Å². The topological polar surface area (TPSA) is 45.3 Å². The Morgan fingerprint density at radius 3 is 2.47 bits per heavy atom. The van der Waals surface area contributed by atoms with Crippen molar-refractivity contribution in [2.45, 2.75) is 33.0 Å². The minimum absolute atomic E-state index is 0.0960. The van der Waals surface area contributed by atoms with Crippen LogP contribution in [0.3, 0.4) is 0 Å². The fraction of sp³-hybridized carbons (Fsp3) is 0.458. The number of carbonyl (C=O) groups excluding carboxylic acids is 1. The van der Waals surface area contributed by atoms with E-state index in [0.717, 1.165) is 50.8 Å². The normalized spacial score (nSPS) is 17.7. The molecule has 0 spiro atoms. The average Bonchev–Trinajstić information content (AvgIpc) is 3.26. The molecule has 6 nitrogen and oxygen atoms in total. The van der Waals surface area contributed by atoms with Gasteiger partial charge in [-0.15, -0.1) is 0 Å². The van der Waals surface area contributed by atoms with Crippen molar-refractivity contribution in [2.24, 2.45) is 0 Å². The van der Waals surface area contributed by atoms with Crippen LogP contribution in [-0.4, -0.2) is 66.2 Å². The highest BCUT2D eigenvalue weighted by Gasteiger charge is 2.28. The van der Waals surface area contributed by atoms with Gasteiger partial charge in [0.25, 0.3) is 0 Å². The Morgan fingerprint density at radius 1 is 1.00 bits per heavy atom. The number of likely N-dealkylation sites (N-methyl/N-ethyl adjacent to an activating group) is 1. The first kappa shape index (κ1) is 20.7. The molecule has 2 aliphatic rings. The van der Waals surface area contributed by atoms with Gasteiger partial charge in [0.05, 0.1) is 6.04 Å². The van der Waals surface area contributed by atoms with Gasteiger partial charge < -0.3 is 14.4 Å². The smallest absolute Gasteiger partial charge is 0.239 e. The standard InChI is InChI=1S/C24H31N3O3/c1-3-26(17-20-7-5-4-6-8-20)24(28)19(2)27-13-11-25(12-14-27)16-21-9-10-22-23(15-21)30-18-29-22/h4-10,15,19H,3,11-14,16-18H2,1-2H3/t19-/m1/s1. The number of hydrogen-bond donors (Lipinski definition) is 0. The van der Waals surface area contributed by atoms with Crippen LogP contribution in [0.5, 0.6) is 11.5 Å². The van der Waals surface area contributed by atoms with Crippen LogP contribution < -0.4 is 9.47 Å². The predicted molar refractivity (Wildman–Crippen MR) is 116 cm³/mol. The summed E-state index contributed by atoms with van der Waals surface area (Å²) in [5, 5.41) is 0. The van der Waals surface area contributed by atoms with Crippen molar-refractivity contribution in [1.29, 1.82) is 0 Å². The van der Waals surface area contributed by atoms with Crippen LogP contribution >= 0.6 is 0 Å². The van der Waals surface area contributed by atoms with Crippen LogP contribution in [0.25, 0.3) is 0 Å². The Kier molecular flexibility index (Phi) is 6.55. The molecule has 2 aromatic carbocycles. The van der Waals surface area contributed by atoms with Crippen LogP contribution in [0.2, 0.25) is 0 Å². The first-order chi connectivity index (χ1) is 14.6. The van der Waals surface area contributed by atoms with Gasteiger partial charge in [0, 0.05) is 45.8 Å². The lowest BCUT2D eigenvalue weighted by Gasteiger charge is -2.39. The monoisotopic (exact) mass is 409 g/mol. The van der Waals surface area contributed by atoms with Crippen LogP contribution in [0.1, 0.15) is 25.0 Å². The third kappa shape index (κ3) is 4.77. The van der Waals surface area contributed by atoms with E-state index in [9.17, 15) is 4.79 Å². The molecule has 4 rings (SSSR count). The van der Waals surface area contributed by atoms with E-state index in [2.05, 4.69) is 41.0 Å². The molecule has 160 valence electrons. The van der Waals surface area contributed by atoms with Crippen molar-refractivity contribution in [3.8, 4) is 11.5 Å². The number of amides is 1. The van der Waals surface area contributed by atoms with E-state index < -0.39 is 0 Å². The van der Waals surface area contributed by atoms with Crippen molar-refractivity contribution in [2.75, 3.05) is 39.5 Å². The fourth-order valence-electron chi connectivity index (χ4n) is 4.18. The van der Waals surface area contributed by atoms with Gasteiger partial charge in [0.2, 0.25) is 12.7 Å². The van der Waals surface area contributed by atoms with Gasteiger partial charge in [0.1, 0.15) is 0 Å². The van der Waals surface area contributed by atoms with Crippen molar-refractivity contribution >= 4 is 5.91 Å². The molecule has 6 heteroatoms. The Balaban J connectivity index is 1.29. The number of rotatable bonds is 7. The lowest BCUT2D eigenvalue weighted by atomic mass is 10.1. The molecule has 0 bridgehead atoms. The molecule has 2 aromatic rings. The number of benzene rings is 2. The Morgan fingerprint density at radius 2 is 1.73 bits per heavy atom. The third-order valence-electron chi connectivity index (χ3n) is 6.06. The molecule has 1 fully saturated rings. The molecule has 2 aliphatic heterocycles. The van der Waals surface area contributed by atoms with E-state index in [1.807, 2.05) is 36.1 Å². The molecule has 1 saturated heterocycles. The van der Waals surface area contributed by atoms with E-state index in [1.165, 1.54) is 11.1 Å². The van der Waals surface area contributed by atoms with Crippen LogP contribution in [-0.2, 0) is 17.9 Å². The summed E-state index contributed by atoms with van der Waals surface area (Å²) in [5.74, 6) is 1.88. The summed E-state index contributed by atoms with van der Waals surface area (Å²) < 4.78 is 10.9. The van der Waals surface area contributed by atoms with Gasteiger partial charge in [-0.05, 0) is 37.1 Å². The van der Waals surface area contributed by atoms with Gasteiger partial charge >= 0.3 is 0 Å². The zero-order valence-corrected chi connectivity index (χ0v) is 17.9. The molecule has 0 unspecified atom stereocenters. The predicted octanol–water partition coefficient (Wildman–Crippen LogP) is 2.97. The quantitative estimate of drug-likeness (QED) is 0.704. The first-order valence-corrected chi connectivity index (χ1v) is 10.8. The maximum atomic E-state index is 13.1. The number of ether oxygens (including phenoxy) is 2. The summed E-state index contributed by atoms with van der Waals surface area (Å²) in [6.07, 6.45) is 0. The lowest BCUT2D eigenvalue weighted by Crippen LogP contribution is -2.54. The van der Waals surface area contributed by atoms with Crippen molar-refractivity contribution in [1.82, 2.24) is 14.7 Å². The number of piperazine rings is 1. The summed E-state index contributed by atoms with van der Waals surface area (Å²) in [4.78, 5) is 19.8. The summed E-state index contributed by atoms with van der Waals surface area (Å²) in [6, 6.07) is 16.3. The maximum Gasteiger partial charge on any atom is 0.239 e. The molecule has 0 aromatic heterocycles. The van der Waals surface area contributed by atoms with Gasteiger partial charge in [-0.1, -0.05) is 36.4 Å². The highest BCUT2D eigenvalue weighted by Crippen LogP contribution is 2.32. The molecule has 0 radical (unpaired) electrons. The number of hydrogen-bond acceptors (Lipinski definition) is 5. The van der Waals surface area contributed by atoms with E-state index in [0.29, 0.717) is 13.3 Å². The summed E-state index contributed by atoms with van der Waals surface area (Å²) >= 11 is 0. The van der Waals surface area contributed by atoms with Gasteiger partial charge in [0.15, 0.2) is 11.5 Å². The van der Waals surface area contributed by atoms with Crippen molar-refractivity contribution in [3.05, 3.63) is 59.7 Å². The maximum absolute atomic E-state index is 13.1.